The molecule has 0 fully saturated rings. The number of nitrogens with zero attached hydrogens (tertiary/aromatic N) is 2. The zero-order chi connectivity index (χ0) is 14.6. The standard InChI is InChI=1S/C11H17FN4O2S/c1-3-16(7-8(2)11(13)14)19(17,18)10-4-9(12)5-15-6-10/h4-6,8H,3,7H2,1-2H3,(H3,13,14). The number of hydrogen-bond donors (Lipinski definition) is 2. The van der Waals surface area contributed by atoms with Gasteiger partial charge < -0.3 is 5.73 Å². The molecule has 0 saturated heterocycles. The van der Waals surface area contributed by atoms with Gasteiger partial charge in [-0.05, 0) is 6.07 Å². The van der Waals surface area contributed by atoms with Crippen LogP contribution in [0.4, 0.5) is 4.39 Å². The molecule has 0 amide bonds. The van der Waals surface area contributed by atoms with E-state index in [0.717, 1.165) is 22.8 Å². The van der Waals surface area contributed by atoms with Crippen LogP contribution in [0, 0.1) is 17.1 Å². The topological polar surface area (TPSA) is 100 Å². The fraction of sp³-hybridized carbons (Fsp3) is 0.455. The molecule has 1 aromatic rings. The number of pyridine rings is 1. The third kappa shape index (κ3) is 3.71. The lowest BCUT2D eigenvalue weighted by Crippen LogP contribution is -2.38. The first-order chi connectivity index (χ1) is 8.78. The van der Waals surface area contributed by atoms with E-state index < -0.39 is 21.8 Å². The van der Waals surface area contributed by atoms with E-state index in [4.69, 9.17) is 11.1 Å². The summed E-state index contributed by atoms with van der Waals surface area (Å²) in [5, 5.41) is 7.30. The molecule has 106 valence electrons. The first kappa shape index (κ1) is 15.5. The molecule has 1 unspecified atom stereocenters. The molecule has 0 bridgehead atoms. The highest BCUT2D eigenvalue weighted by molar-refractivity contribution is 7.89. The predicted octanol–water partition coefficient (Wildman–Crippen LogP) is 0.803. The molecule has 0 spiro atoms. The third-order valence-electron chi connectivity index (χ3n) is 2.68. The zero-order valence-corrected chi connectivity index (χ0v) is 11.6. The maximum atomic E-state index is 13.1. The average Bonchev–Trinajstić information content (AvgIpc) is 2.35. The Morgan fingerprint density at radius 3 is 2.68 bits per heavy atom. The largest absolute Gasteiger partial charge is 0.387 e. The first-order valence-electron chi connectivity index (χ1n) is 5.73. The molecule has 0 aliphatic heterocycles. The minimum atomic E-state index is -3.82. The summed E-state index contributed by atoms with van der Waals surface area (Å²) in [5.41, 5.74) is 5.33. The molecule has 1 aromatic heterocycles. The van der Waals surface area contributed by atoms with Gasteiger partial charge in [-0.1, -0.05) is 13.8 Å². The fourth-order valence-corrected chi connectivity index (χ4v) is 3.00. The van der Waals surface area contributed by atoms with Crippen molar-refractivity contribution >= 4 is 15.9 Å². The second kappa shape index (κ2) is 6.07. The van der Waals surface area contributed by atoms with Crippen LogP contribution in [-0.4, -0.2) is 36.6 Å². The molecule has 3 N–H and O–H groups in total. The van der Waals surface area contributed by atoms with Gasteiger partial charge in [-0.2, -0.15) is 4.31 Å². The highest BCUT2D eigenvalue weighted by atomic mass is 32.2. The summed E-state index contributed by atoms with van der Waals surface area (Å²) in [7, 11) is -3.82. The molecule has 6 nitrogen and oxygen atoms in total. The van der Waals surface area contributed by atoms with Crippen LogP contribution in [0.3, 0.4) is 0 Å². The molecule has 1 heterocycles. The fourth-order valence-electron chi connectivity index (χ4n) is 1.48. The minimum absolute atomic E-state index is 0.0741. The van der Waals surface area contributed by atoms with Crippen molar-refractivity contribution in [3.8, 4) is 0 Å². The summed E-state index contributed by atoms with van der Waals surface area (Å²) in [4.78, 5) is 3.33. The zero-order valence-electron chi connectivity index (χ0n) is 10.8. The van der Waals surface area contributed by atoms with Crippen LogP contribution in [0.5, 0.6) is 0 Å². The number of rotatable bonds is 6. The van der Waals surface area contributed by atoms with Crippen LogP contribution >= 0.6 is 0 Å². The van der Waals surface area contributed by atoms with Crippen LogP contribution in [0.25, 0.3) is 0 Å². The number of nitrogens with one attached hydrogen (secondary N) is 1. The van der Waals surface area contributed by atoms with Crippen LogP contribution in [0.2, 0.25) is 0 Å². The van der Waals surface area contributed by atoms with Gasteiger partial charge in [0.05, 0.1) is 12.0 Å². The van der Waals surface area contributed by atoms with Crippen LogP contribution in [-0.2, 0) is 10.0 Å². The summed E-state index contributed by atoms with van der Waals surface area (Å²) in [6.45, 7) is 3.60. The van der Waals surface area contributed by atoms with Gasteiger partial charge in [0.25, 0.3) is 0 Å². The van der Waals surface area contributed by atoms with E-state index >= 15 is 0 Å². The molecule has 0 aliphatic rings. The monoisotopic (exact) mass is 288 g/mol. The lowest BCUT2D eigenvalue weighted by atomic mass is 10.1. The first-order valence-corrected chi connectivity index (χ1v) is 7.17. The highest BCUT2D eigenvalue weighted by Crippen LogP contribution is 2.16. The van der Waals surface area contributed by atoms with Gasteiger partial charge in [0, 0.05) is 25.2 Å². The van der Waals surface area contributed by atoms with Crippen LogP contribution in [0.15, 0.2) is 23.4 Å². The van der Waals surface area contributed by atoms with Crippen molar-refractivity contribution in [2.75, 3.05) is 13.1 Å². The Bertz CT molecular complexity index is 562. The predicted molar refractivity (Wildman–Crippen MR) is 69.7 cm³/mol. The van der Waals surface area contributed by atoms with E-state index in [9.17, 15) is 12.8 Å². The van der Waals surface area contributed by atoms with Crippen molar-refractivity contribution in [2.45, 2.75) is 18.7 Å². The van der Waals surface area contributed by atoms with Crippen molar-refractivity contribution in [3.63, 3.8) is 0 Å². The Balaban J connectivity index is 3.06. The Labute approximate surface area is 112 Å². The molecule has 1 rings (SSSR count). The Morgan fingerprint density at radius 1 is 1.58 bits per heavy atom. The second-order valence-corrected chi connectivity index (χ2v) is 6.09. The summed E-state index contributed by atoms with van der Waals surface area (Å²) < 4.78 is 38.8. The number of hydrogen-bond acceptors (Lipinski definition) is 4. The van der Waals surface area contributed by atoms with Crippen molar-refractivity contribution in [1.82, 2.24) is 9.29 Å². The quantitative estimate of drug-likeness (QED) is 0.597. The number of nitrogens with two attached hydrogens (primary N) is 1. The normalized spacial score (nSPS) is 13.5. The van der Waals surface area contributed by atoms with Crippen molar-refractivity contribution in [3.05, 3.63) is 24.3 Å². The molecule has 8 heteroatoms. The van der Waals surface area contributed by atoms with Gasteiger partial charge in [-0.25, -0.2) is 12.8 Å². The summed E-state index contributed by atoms with van der Waals surface area (Å²) >= 11 is 0. The Hall–Kier alpha value is -1.54. The number of aromatic nitrogens is 1. The smallest absolute Gasteiger partial charge is 0.244 e. The Kier molecular flexibility index (Phi) is 4.96. The van der Waals surface area contributed by atoms with Crippen molar-refractivity contribution in [1.29, 1.82) is 5.41 Å². The number of sulfonamides is 1. The highest BCUT2D eigenvalue weighted by Gasteiger charge is 2.26. The molecular weight excluding hydrogens is 271 g/mol. The van der Waals surface area contributed by atoms with E-state index in [-0.39, 0.29) is 23.8 Å². The molecule has 1 atom stereocenters. The third-order valence-corrected chi connectivity index (χ3v) is 4.58. The van der Waals surface area contributed by atoms with Crippen molar-refractivity contribution in [2.24, 2.45) is 11.7 Å². The lowest BCUT2D eigenvalue weighted by molar-refractivity contribution is 0.403. The molecular formula is C11H17FN4O2S. The van der Waals surface area contributed by atoms with Gasteiger partial charge in [0.2, 0.25) is 10.0 Å². The van der Waals surface area contributed by atoms with E-state index in [1.54, 1.807) is 13.8 Å². The summed E-state index contributed by atoms with van der Waals surface area (Å²) in [5.74, 6) is -1.21. The summed E-state index contributed by atoms with van der Waals surface area (Å²) in [6, 6.07) is 0.920. The maximum Gasteiger partial charge on any atom is 0.244 e. The second-order valence-electron chi connectivity index (χ2n) is 4.15. The molecule has 19 heavy (non-hydrogen) atoms. The molecule has 0 aliphatic carbocycles. The summed E-state index contributed by atoms with van der Waals surface area (Å²) in [6.07, 6.45) is 2.03. The molecule has 0 saturated carbocycles. The number of amidine groups is 1. The van der Waals surface area contributed by atoms with Crippen molar-refractivity contribution < 1.29 is 12.8 Å². The average molecular weight is 288 g/mol. The van der Waals surface area contributed by atoms with E-state index in [0.29, 0.717) is 0 Å². The van der Waals surface area contributed by atoms with E-state index in [2.05, 4.69) is 4.98 Å². The maximum absolute atomic E-state index is 13.1. The Morgan fingerprint density at radius 2 is 2.21 bits per heavy atom. The SMILES string of the molecule is CCN(CC(C)C(=N)N)S(=O)(=O)c1cncc(F)c1. The van der Waals surface area contributed by atoms with Gasteiger partial charge in [0.15, 0.2) is 0 Å². The van der Waals surface area contributed by atoms with E-state index in [1.807, 2.05) is 0 Å². The van der Waals surface area contributed by atoms with Gasteiger partial charge >= 0.3 is 0 Å². The molecule has 0 radical (unpaired) electrons. The van der Waals surface area contributed by atoms with Crippen LogP contribution < -0.4 is 5.73 Å². The van der Waals surface area contributed by atoms with Gasteiger partial charge in [0.1, 0.15) is 10.7 Å². The minimum Gasteiger partial charge on any atom is -0.387 e. The lowest BCUT2D eigenvalue weighted by Gasteiger charge is -2.23. The van der Waals surface area contributed by atoms with Gasteiger partial charge in [-0.3, -0.25) is 10.4 Å². The molecule has 0 aromatic carbocycles. The van der Waals surface area contributed by atoms with Gasteiger partial charge in [-0.15, -0.1) is 0 Å². The van der Waals surface area contributed by atoms with E-state index in [1.165, 1.54) is 0 Å². The number of halogens is 1. The van der Waals surface area contributed by atoms with Crippen LogP contribution in [0.1, 0.15) is 13.8 Å².